The van der Waals surface area contributed by atoms with Crippen LogP contribution in [-0.4, -0.2) is 17.7 Å². The van der Waals surface area contributed by atoms with E-state index in [2.05, 4.69) is 15.9 Å². The molecule has 0 radical (unpaired) electrons. The molecule has 1 aromatic carbocycles. The van der Waals surface area contributed by atoms with Crippen LogP contribution >= 0.6 is 15.9 Å². The van der Waals surface area contributed by atoms with E-state index in [4.69, 9.17) is 10.0 Å². The molecule has 0 atom stereocenters. The largest absolute Gasteiger partial charge is 0.432 e. The van der Waals surface area contributed by atoms with Gasteiger partial charge in [-0.2, -0.15) is 0 Å². The van der Waals surface area contributed by atoms with Crippen LogP contribution in [0.2, 0.25) is 0 Å². The van der Waals surface area contributed by atoms with Gasteiger partial charge in [-0.25, -0.2) is 4.39 Å². The summed E-state index contributed by atoms with van der Waals surface area (Å²) < 4.78 is 12.3. The van der Waals surface area contributed by atoms with Crippen LogP contribution in [0.25, 0.3) is 0 Å². The van der Waals surface area contributed by atoms with Gasteiger partial charge in [0.05, 0.1) is 0 Å². The molecule has 5 heteroatoms. The summed E-state index contributed by atoms with van der Waals surface area (Å²) in [5.74, 6) is -0.174. The van der Waals surface area contributed by atoms with Gasteiger partial charge in [-0.3, -0.25) is 0 Å². The van der Waals surface area contributed by atoms with Gasteiger partial charge < -0.3 is 10.0 Å². The van der Waals surface area contributed by atoms with Gasteiger partial charge in [0.2, 0.25) is 0 Å². The van der Waals surface area contributed by atoms with Crippen molar-refractivity contribution in [2.24, 2.45) is 0 Å². The molecule has 0 aromatic heterocycles. The summed E-state index contributed by atoms with van der Waals surface area (Å²) in [7, 11) is -0.750. The van der Waals surface area contributed by atoms with Crippen LogP contribution in [0.4, 0.5) is 4.39 Å². The van der Waals surface area contributed by atoms with Crippen molar-refractivity contribution >= 4 is 23.6 Å². The van der Waals surface area contributed by atoms with E-state index >= 15 is 0 Å². The van der Waals surface area contributed by atoms with Crippen LogP contribution in [0.5, 0.6) is 0 Å². The predicted molar refractivity (Wildman–Crippen MR) is 50.6 cm³/mol. The van der Waals surface area contributed by atoms with E-state index < -0.39 is 7.69 Å². The lowest BCUT2D eigenvalue weighted by atomic mass is 10.2. The lowest BCUT2D eigenvalue weighted by Crippen LogP contribution is -1.77. The summed E-state index contributed by atoms with van der Waals surface area (Å²) in [5, 5.41) is 15.0. The van der Waals surface area contributed by atoms with Gasteiger partial charge in [0.15, 0.2) is 0 Å². The highest BCUT2D eigenvalue weighted by Gasteiger charge is 1.89. The van der Waals surface area contributed by atoms with Crippen LogP contribution < -0.4 is 0 Å². The van der Waals surface area contributed by atoms with Crippen molar-refractivity contribution in [2.75, 3.05) is 0 Å². The summed E-state index contributed by atoms with van der Waals surface area (Å²) in [5.41, 5.74) is 0.968. The molecule has 0 aliphatic carbocycles. The van der Waals surface area contributed by atoms with Crippen molar-refractivity contribution in [2.45, 2.75) is 5.33 Å². The predicted octanol–water partition coefficient (Wildman–Crippen LogP) is 0.958. The molecule has 12 heavy (non-hydrogen) atoms. The lowest BCUT2D eigenvalue weighted by molar-refractivity contribution is 0.448. The third-order valence-electron chi connectivity index (χ3n) is 1.04. The van der Waals surface area contributed by atoms with E-state index in [0.29, 0.717) is 5.33 Å². The molecule has 0 spiro atoms. The van der Waals surface area contributed by atoms with Crippen LogP contribution in [0.15, 0.2) is 24.3 Å². The fraction of sp³-hybridized carbons (Fsp3) is 0.143. The Morgan fingerprint density at radius 1 is 1.42 bits per heavy atom. The highest BCUT2D eigenvalue weighted by molar-refractivity contribution is 9.08. The third-order valence-corrected chi connectivity index (χ3v) is 1.69. The van der Waals surface area contributed by atoms with Gasteiger partial charge >= 0.3 is 7.69 Å². The Morgan fingerprint density at radius 2 is 2.00 bits per heavy atom. The fourth-order valence-electron chi connectivity index (χ4n) is 0.620. The second-order valence-electron chi connectivity index (χ2n) is 1.90. The van der Waals surface area contributed by atoms with Crippen molar-refractivity contribution in [3.8, 4) is 0 Å². The van der Waals surface area contributed by atoms with E-state index in [1.54, 1.807) is 6.07 Å². The Bertz CT molecular complexity index is 222. The average Bonchev–Trinajstić information content (AvgIpc) is 2.06. The number of hydrogen-bond acceptors (Lipinski definition) is 2. The highest BCUT2D eigenvalue weighted by Crippen LogP contribution is 2.06. The van der Waals surface area contributed by atoms with Gasteiger partial charge in [0.1, 0.15) is 5.82 Å². The summed E-state index contributed by atoms with van der Waals surface area (Å²) >= 11 is 3.22. The van der Waals surface area contributed by atoms with E-state index in [0.717, 1.165) is 5.56 Å². The average molecular weight is 235 g/mol. The molecule has 1 rings (SSSR count). The topological polar surface area (TPSA) is 40.5 Å². The number of benzene rings is 1. The number of halogens is 2. The molecule has 0 bridgehead atoms. The van der Waals surface area contributed by atoms with Crippen LogP contribution in [0.3, 0.4) is 0 Å². The Kier molecular flexibility index (Phi) is 7.04. The number of rotatable bonds is 1. The molecule has 0 heterocycles. The number of alkyl halides is 1. The van der Waals surface area contributed by atoms with Crippen LogP contribution in [-0.2, 0) is 5.33 Å². The molecule has 0 aliphatic heterocycles. The Balaban J connectivity index is 0.000000354. The number of hydrogen-bond donors (Lipinski definition) is 2. The van der Waals surface area contributed by atoms with Crippen molar-refractivity contribution < 1.29 is 14.4 Å². The molecule has 0 saturated carbocycles. The quantitative estimate of drug-likeness (QED) is 0.562. The Morgan fingerprint density at radius 3 is 2.33 bits per heavy atom. The molecule has 0 fully saturated rings. The SMILES string of the molecule is Fc1cccc(CBr)c1.OBO. The molecular formula is C7H9BBrFO2. The molecular weight excluding hydrogens is 226 g/mol. The normalized spacial score (nSPS) is 8.33. The molecule has 0 unspecified atom stereocenters. The fourth-order valence-corrected chi connectivity index (χ4v) is 0.969. The molecule has 0 aliphatic rings. The zero-order valence-corrected chi connectivity index (χ0v) is 7.96. The maximum absolute atomic E-state index is 12.3. The van der Waals surface area contributed by atoms with Gasteiger partial charge in [-0.05, 0) is 17.7 Å². The molecule has 2 nitrogen and oxygen atoms in total. The van der Waals surface area contributed by atoms with Gasteiger partial charge in [-0.15, -0.1) is 0 Å². The summed E-state index contributed by atoms with van der Waals surface area (Å²) in [6.45, 7) is 0. The zero-order valence-electron chi connectivity index (χ0n) is 6.37. The summed E-state index contributed by atoms with van der Waals surface area (Å²) in [6, 6.07) is 6.52. The van der Waals surface area contributed by atoms with Crippen molar-refractivity contribution in [3.63, 3.8) is 0 Å². The van der Waals surface area contributed by atoms with E-state index in [9.17, 15) is 4.39 Å². The summed E-state index contributed by atoms with van der Waals surface area (Å²) in [4.78, 5) is 0. The summed E-state index contributed by atoms with van der Waals surface area (Å²) in [6.07, 6.45) is 0. The van der Waals surface area contributed by atoms with E-state index in [1.807, 2.05) is 6.07 Å². The molecule has 66 valence electrons. The van der Waals surface area contributed by atoms with Crippen LogP contribution in [0.1, 0.15) is 5.56 Å². The second-order valence-corrected chi connectivity index (χ2v) is 2.47. The van der Waals surface area contributed by atoms with Crippen molar-refractivity contribution in [1.29, 1.82) is 0 Å². The standard InChI is InChI=1S/C7H6BrF.BH3O2/c8-5-6-2-1-3-7(9)4-6;2-1-3/h1-4H,5H2;1-3H. The first-order chi connectivity index (χ1) is 5.74. The van der Waals surface area contributed by atoms with E-state index in [1.165, 1.54) is 12.1 Å². The first-order valence-corrected chi connectivity index (χ1v) is 4.39. The molecule has 0 amide bonds. The molecule has 0 saturated heterocycles. The highest BCUT2D eigenvalue weighted by atomic mass is 79.9. The maximum atomic E-state index is 12.3. The molecule has 1 aromatic rings. The maximum Gasteiger partial charge on any atom is 0.432 e. The minimum absolute atomic E-state index is 0.174. The second kappa shape index (κ2) is 7.27. The van der Waals surface area contributed by atoms with E-state index in [-0.39, 0.29) is 5.82 Å². The van der Waals surface area contributed by atoms with Crippen molar-refractivity contribution in [3.05, 3.63) is 35.6 Å². The first-order valence-electron chi connectivity index (χ1n) is 3.26. The Hall–Kier alpha value is -0.385. The third kappa shape index (κ3) is 5.29. The minimum atomic E-state index is -0.750. The minimum Gasteiger partial charge on any atom is -0.430 e. The Labute approximate surface area is 79.5 Å². The first kappa shape index (κ1) is 11.6. The monoisotopic (exact) mass is 234 g/mol. The van der Waals surface area contributed by atoms with Gasteiger partial charge in [0.25, 0.3) is 0 Å². The van der Waals surface area contributed by atoms with Crippen LogP contribution in [0, 0.1) is 5.82 Å². The zero-order chi connectivity index (χ0) is 9.40. The smallest absolute Gasteiger partial charge is 0.430 e. The molecule has 2 N–H and O–H groups in total. The lowest BCUT2D eigenvalue weighted by Gasteiger charge is -1.91. The van der Waals surface area contributed by atoms with Crippen molar-refractivity contribution in [1.82, 2.24) is 0 Å². The van der Waals surface area contributed by atoms with Gasteiger partial charge in [-0.1, -0.05) is 28.1 Å². The van der Waals surface area contributed by atoms with Gasteiger partial charge in [0, 0.05) is 5.33 Å².